The fourth-order valence-electron chi connectivity index (χ4n) is 3.61. The number of primary amides is 1. The maximum atomic E-state index is 15.0. The number of rotatable bonds is 2. The highest BCUT2D eigenvalue weighted by Gasteiger charge is 2.62. The zero-order valence-electron chi connectivity index (χ0n) is 12.3. The lowest BCUT2D eigenvalue weighted by atomic mass is 9.71. The minimum Gasteiger partial charge on any atom is -0.368 e. The Balaban J connectivity index is 2.10. The summed E-state index contributed by atoms with van der Waals surface area (Å²) in [6.45, 7) is 0. The van der Waals surface area contributed by atoms with Gasteiger partial charge in [-0.3, -0.25) is 14.5 Å². The summed E-state index contributed by atoms with van der Waals surface area (Å²) in [5.41, 5.74) is 3.71. The SMILES string of the molecule is NC(=O)C1C(F)C2(C[CH]CCC2)C(=O)N1c1cc(F)cc(F)c1. The quantitative estimate of drug-likeness (QED) is 0.906. The van der Waals surface area contributed by atoms with Gasteiger partial charge >= 0.3 is 0 Å². The number of hydrogen-bond acceptors (Lipinski definition) is 2. The van der Waals surface area contributed by atoms with Crippen molar-refractivity contribution in [2.45, 2.75) is 37.9 Å². The third-order valence-corrected chi connectivity index (χ3v) is 4.68. The fraction of sp³-hybridized carbons (Fsp3) is 0.438. The van der Waals surface area contributed by atoms with Crippen LogP contribution >= 0.6 is 0 Å². The van der Waals surface area contributed by atoms with E-state index < -0.39 is 41.1 Å². The molecule has 4 nitrogen and oxygen atoms in total. The summed E-state index contributed by atoms with van der Waals surface area (Å²) in [5, 5.41) is 0. The monoisotopic (exact) mass is 325 g/mol. The van der Waals surface area contributed by atoms with Crippen molar-refractivity contribution < 1.29 is 22.8 Å². The van der Waals surface area contributed by atoms with E-state index in [-0.39, 0.29) is 18.5 Å². The molecule has 0 bridgehead atoms. The van der Waals surface area contributed by atoms with Gasteiger partial charge in [0.15, 0.2) is 0 Å². The summed E-state index contributed by atoms with van der Waals surface area (Å²) in [7, 11) is 0. The molecule has 3 unspecified atom stereocenters. The summed E-state index contributed by atoms with van der Waals surface area (Å²) < 4.78 is 41.9. The predicted molar refractivity (Wildman–Crippen MR) is 76.9 cm³/mol. The molecule has 1 spiro atoms. The molecule has 23 heavy (non-hydrogen) atoms. The third-order valence-electron chi connectivity index (χ3n) is 4.68. The van der Waals surface area contributed by atoms with Crippen LogP contribution in [-0.2, 0) is 9.59 Å². The second-order valence-electron chi connectivity index (χ2n) is 6.09. The lowest BCUT2D eigenvalue weighted by Gasteiger charge is -2.32. The second kappa shape index (κ2) is 5.54. The molecular formula is C16H16F3N2O2. The summed E-state index contributed by atoms with van der Waals surface area (Å²) in [5.74, 6) is -3.50. The summed E-state index contributed by atoms with van der Waals surface area (Å²) in [4.78, 5) is 25.4. The van der Waals surface area contributed by atoms with Crippen molar-refractivity contribution in [1.82, 2.24) is 0 Å². The van der Waals surface area contributed by atoms with Crippen LogP contribution < -0.4 is 10.6 Å². The van der Waals surface area contributed by atoms with E-state index in [0.29, 0.717) is 12.5 Å². The Morgan fingerprint density at radius 2 is 1.91 bits per heavy atom. The highest BCUT2D eigenvalue weighted by Crippen LogP contribution is 2.50. The van der Waals surface area contributed by atoms with Crippen LogP contribution in [-0.4, -0.2) is 24.0 Å². The molecular weight excluding hydrogens is 309 g/mol. The van der Waals surface area contributed by atoms with Gasteiger partial charge in [-0.2, -0.15) is 0 Å². The highest BCUT2D eigenvalue weighted by molar-refractivity contribution is 6.08. The maximum Gasteiger partial charge on any atom is 0.243 e. The number of hydrogen-bond donors (Lipinski definition) is 1. The average Bonchev–Trinajstić information content (AvgIpc) is 2.69. The van der Waals surface area contributed by atoms with Gasteiger partial charge in [0.2, 0.25) is 11.8 Å². The van der Waals surface area contributed by atoms with Crippen molar-refractivity contribution in [1.29, 1.82) is 0 Å². The van der Waals surface area contributed by atoms with Gasteiger partial charge in [-0.25, -0.2) is 13.2 Å². The van der Waals surface area contributed by atoms with Crippen molar-refractivity contribution in [2.24, 2.45) is 11.1 Å². The van der Waals surface area contributed by atoms with Crippen molar-refractivity contribution >= 4 is 17.5 Å². The molecule has 1 saturated carbocycles. The number of benzene rings is 1. The van der Waals surface area contributed by atoms with Crippen LogP contribution in [0.4, 0.5) is 18.9 Å². The molecule has 1 aliphatic carbocycles. The van der Waals surface area contributed by atoms with Crippen LogP contribution in [0.5, 0.6) is 0 Å². The van der Waals surface area contributed by atoms with Gasteiger partial charge in [0.25, 0.3) is 0 Å². The largest absolute Gasteiger partial charge is 0.368 e. The number of anilines is 1. The minimum absolute atomic E-state index is 0.186. The van der Waals surface area contributed by atoms with Crippen molar-refractivity contribution in [3.05, 3.63) is 36.3 Å². The number of nitrogens with two attached hydrogens (primary N) is 1. The Bertz CT molecular complexity index is 638. The van der Waals surface area contributed by atoms with Gasteiger partial charge < -0.3 is 5.73 Å². The van der Waals surface area contributed by atoms with Crippen LogP contribution in [0.15, 0.2) is 18.2 Å². The molecule has 7 heteroatoms. The number of nitrogens with zero attached hydrogens (tertiary/aromatic N) is 1. The van der Waals surface area contributed by atoms with Crippen molar-refractivity contribution in [3.63, 3.8) is 0 Å². The van der Waals surface area contributed by atoms with Gasteiger partial charge in [-0.05, 0) is 31.4 Å². The molecule has 0 aromatic heterocycles. The van der Waals surface area contributed by atoms with Gasteiger partial charge in [-0.15, -0.1) is 0 Å². The topological polar surface area (TPSA) is 63.4 Å². The molecule has 3 atom stereocenters. The first-order valence-electron chi connectivity index (χ1n) is 7.41. The number of carbonyl (C=O) groups is 2. The molecule has 123 valence electrons. The molecule has 1 heterocycles. The Morgan fingerprint density at radius 1 is 1.26 bits per heavy atom. The van der Waals surface area contributed by atoms with Crippen molar-refractivity contribution in [2.75, 3.05) is 4.90 Å². The summed E-state index contributed by atoms with van der Waals surface area (Å²) >= 11 is 0. The zero-order chi connectivity index (χ0) is 16.8. The molecule has 1 aromatic rings. The zero-order valence-corrected chi connectivity index (χ0v) is 12.3. The molecule has 2 N–H and O–H groups in total. The van der Waals surface area contributed by atoms with Crippen LogP contribution in [0, 0.1) is 23.5 Å². The number of carbonyl (C=O) groups excluding carboxylic acids is 2. The number of amides is 2. The van der Waals surface area contributed by atoms with E-state index in [2.05, 4.69) is 0 Å². The summed E-state index contributed by atoms with van der Waals surface area (Å²) in [6, 6.07) is 0.875. The molecule has 2 aliphatic rings. The number of alkyl halides is 1. The van der Waals surface area contributed by atoms with E-state index in [0.717, 1.165) is 23.5 Å². The van der Waals surface area contributed by atoms with Crippen LogP contribution in [0.1, 0.15) is 25.7 Å². The standard InChI is InChI=1S/C16H16F3N2O2/c17-9-6-10(18)8-11(7-9)21-12(14(20)22)13(19)16(15(21)23)4-2-1-3-5-16/h2,6-8,12-13H,1,3-5H2,(H2,20,22). The van der Waals surface area contributed by atoms with E-state index in [1.54, 1.807) is 0 Å². The van der Waals surface area contributed by atoms with Gasteiger partial charge in [0.1, 0.15) is 23.8 Å². The van der Waals surface area contributed by atoms with E-state index in [9.17, 15) is 22.8 Å². The first-order chi connectivity index (χ1) is 10.9. The molecule has 1 aromatic carbocycles. The van der Waals surface area contributed by atoms with Gasteiger partial charge in [0.05, 0.1) is 11.1 Å². The van der Waals surface area contributed by atoms with E-state index in [4.69, 9.17) is 5.73 Å². The lowest BCUT2D eigenvalue weighted by Crippen LogP contribution is -2.46. The normalized spacial score (nSPS) is 26.7. The average molecular weight is 325 g/mol. The summed E-state index contributed by atoms with van der Waals surface area (Å²) in [6.07, 6.45) is 1.84. The Labute approximate surface area is 131 Å². The van der Waals surface area contributed by atoms with Gasteiger partial charge in [0, 0.05) is 6.07 Å². The second-order valence-corrected chi connectivity index (χ2v) is 6.09. The Hall–Kier alpha value is -2.05. The van der Waals surface area contributed by atoms with Crippen LogP contribution in [0.3, 0.4) is 0 Å². The van der Waals surface area contributed by atoms with E-state index in [1.807, 2.05) is 6.42 Å². The first-order valence-corrected chi connectivity index (χ1v) is 7.41. The molecule has 3 rings (SSSR count). The number of halogens is 3. The fourth-order valence-corrected chi connectivity index (χ4v) is 3.61. The maximum absolute atomic E-state index is 15.0. The molecule has 1 radical (unpaired) electrons. The third kappa shape index (κ3) is 2.38. The molecule has 2 amide bonds. The minimum atomic E-state index is -1.81. The molecule has 2 fully saturated rings. The van der Waals surface area contributed by atoms with Gasteiger partial charge in [-0.1, -0.05) is 12.8 Å². The Kier molecular flexibility index (Phi) is 3.82. The van der Waals surface area contributed by atoms with E-state index >= 15 is 0 Å². The predicted octanol–water partition coefficient (Wildman–Crippen LogP) is 2.27. The smallest absolute Gasteiger partial charge is 0.243 e. The van der Waals surface area contributed by atoms with Crippen LogP contribution in [0.25, 0.3) is 0 Å². The Morgan fingerprint density at radius 3 is 2.43 bits per heavy atom. The van der Waals surface area contributed by atoms with E-state index in [1.165, 1.54) is 0 Å². The highest BCUT2D eigenvalue weighted by atomic mass is 19.1. The van der Waals surface area contributed by atoms with Crippen LogP contribution in [0.2, 0.25) is 0 Å². The lowest BCUT2D eigenvalue weighted by molar-refractivity contribution is -0.128. The first kappa shape index (κ1) is 15.8. The van der Waals surface area contributed by atoms with Crippen molar-refractivity contribution in [3.8, 4) is 0 Å². The molecule has 1 aliphatic heterocycles. The molecule has 1 saturated heterocycles.